The van der Waals surface area contributed by atoms with E-state index in [9.17, 15) is 19.2 Å². The first-order valence-corrected chi connectivity index (χ1v) is 12.9. The van der Waals surface area contributed by atoms with Crippen LogP contribution in [0.5, 0.6) is 0 Å². The van der Waals surface area contributed by atoms with Crippen molar-refractivity contribution in [2.45, 2.75) is 51.4 Å². The van der Waals surface area contributed by atoms with Gasteiger partial charge in [0.1, 0.15) is 0 Å². The lowest BCUT2D eigenvalue weighted by atomic mass is 10.1. The molecule has 1 fully saturated rings. The predicted octanol–water partition coefficient (Wildman–Crippen LogP) is 3.94. The number of rotatable bonds is 9. The van der Waals surface area contributed by atoms with Gasteiger partial charge in [0.15, 0.2) is 0 Å². The van der Waals surface area contributed by atoms with E-state index in [2.05, 4.69) is 5.32 Å². The maximum atomic E-state index is 10.4. The van der Waals surface area contributed by atoms with Gasteiger partial charge in [-0.2, -0.15) is 0 Å². The van der Waals surface area contributed by atoms with Crippen LogP contribution in [0.25, 0.3) is 0 Å². The summed E-state index contributed by atoms with van der Waals surface area (Å²) in [5.41, 5.74) is 10.7. The number of carbonyl (C=O) groups is 4. The molecular formula is C28H44N4O8. The van der Waals surface area contributed by atoms with Crippen LogP contribution < -0.4 is 22.9 Å². The van der Waals surface area contributed by atoms with Crippen LogP contribution in [0.2, 0.25) is 0 Å². The molecule has 1 aliphatic heterocycles. The summed E-state index contributed by atoms with van der Waals surface area (Å²) >= 11 is 0. The molecule has 12 nitrogen and oxygen atoms in total. The maximum Gasteiger partial charge on any atom is 0.335 e. The number of hydrogen-bond acceptors (Lipinski definition) is 8. The summed E-state index contributed by atoms with van der Waals surface area (Å²) in [6.45, 7) is 4.15. The maximum absolute atomic E-state index is 10.4. The monoisotopic (exact) mass is 564 g/mol. The van der Waals surface area contributed by atoms with Crippen LogP contribution in [0.3, 0.4) is 0 Å². The predicted molar refractivity (Wildman–Crippen MR) is 154 cm³/mol. The molecule has 2 aromatic rings. The number of benzene rings is 2. The summed E-state index contributed by atoms with van der Waals surface area (Å²) in [7, 11) is 0. The summed E-state index contributed by atoms with van der Waals surface area (Å²) in [5, 5.41) is 37.3. The third-order valence-corrected chi connectivity index (χ3v) is 5.35. The number of hydrogen-bond donors (Lipinski definition) is 8. The Morgan fingerprint density at radius 3 is 1.23 bits per heavy atom. The van der Waals surface area contributed by atoms with Crippen molar-refractivity contribution in [2.75, 3.05) is 26.2 Å². The van der Waals surface area contributed by atoms with Crippen molar-refractivity contribution in [3.05, 3.63) is 70.8 Å². The summed E-state index contributed by atoms with van der Waals surface area (Å²) in [6, 6.07) is 10.2. The van der Waals surface area contributed by atoms with Gasteiger partial charge in [0.05, 0.1) is 22.3 Å². The van der Waals surface area contributed by atoms with Crippen molar-refractivity contribution in [1.82, 2.24) is 11.5 Å². The van der Waals surface area contributed by atoms with E-state index < -0.39 is 23.9 Å². The summed E-state index contributed by atoms with van der Waals surface area (Å²) < 4.78 is 0. The fourth-order valence-electron chi connectivity index (χ4n) is 3.16. The van der Waals surface area contributed by atoms with Crippen LogP contribution in [-0.4, -0.2) is 70.5 Å². The Morgan fingerprint density at radius 1 is 0.575 bits per heavy atom. The molecule has 0 spiro atoms. The average molecular weight is 565 g/mol. The molecule has 0 saturated carbocycles. The zero-order valence-corrected chi connectivity index (χ0v) is 22.9. The fraction of sp³-hybridized carbons (Fsp3) is 0.429. The molecule has 2 aromatic carbocycles. The standard InChI is InChI=1S/2C8H6O4.C6H16N2.C6H13N.H3N/c9-7(10)5-1-2-6(4-3-5)8(11)12;9-7(10)5-2-1-3-6(4-5)8(11)12;7-5-3-1-2-4-6-8;1-2-4-6-7-5-3-1;/h2*1-4H,(H,9,10)(H,11,12);1-8H2;7H,1-6H2;1H3. The second kappa shape index (κ2) is 24.2. The molecule has 1 heterocycles. The van der Waals surface area contributed by atoms with E-state index in [4.69, 9.17) is 31.9 Å². The SMILES string of the molecule is C1CCCNCC1.N.NCCCCCCN.O=C(O)c1ccc(C(=O)O)cc1.O=C(O)c1cccc(C(=O)O)c1. The molecule has 3 rings (SSSR count). The zero-order chi connectivity index (χ0) is 29.5. The van der Waals surface area contributed by atoms with Crippen molar-refractivity contribution in [1.29, 1.82) is 0 Å². The highest BCUT2D eigenvalue weighted by atomic mass is 16.4. The highest BCUT2D eigenvalue weighted by Gasteiger charge is 2.07. The smallest absolute Gasteiger partial charge is 0.335 e. The molecule has 0 aliphatic carbocycles. The first-order chi connectivity index (χ1) is 18.6. The number of nitrogens with two attached hydrogens (primary N) is 2. The molecule has 0 bridgehead atoms. The lowest BCUT2D eigenvalue weighted by molar-refractivity contribution is 0.0681. The van der Waals surface area contributed by atoms with Crippen molar-refractivity contribution in [2.24, 2.45) is 11.5 Å². The van der Waals surface area contributed by atoms with Gasteiger partial charge in [-0.25, -0.2) is 19.2 Å². The third-order valence-electron chi connectivity index (χ3n) is 5.35. The Labute approximate surface area is 235 Å². The normalized spacial score (nSPS) is 11.8. The van der Waals surface area contributed by atoms with E-state index in [1.165, 1.54) is 94.1 Å². The molecule has 12 heteroatoms. The summed E-state index contributed by atoms with van der Waals surface area (Å²) in [5.74, 6) is -4.38. The van der Waals surface area contributed by atoms with Gasteiger partial charge < -0.3 is 43.4 Å². The Bertz CT molecular complexity index is 912. The Balaban J connectivity index is 0. The molecule has 0 aromatic heterocycles. The zero-order valence-electron chi connectivity index (χ0n) is 22.9. The van der Waals surface area contributed by atoms with Crippen molar-refractivity contribution in [3.63, 3.8) is 0 Å². The number of carboxylic acid groups (broad SMARTS) is 4. The minimum atomic E-state index is -1.13. The van der Waals surface area contributed by atoms with Gasteiger partial charge in [-0.3, -0.25) is 0 Å². The van der Waals surface area contributed by atoms with Crippen molar-refractivity contribution >= 4 is 23.9 Å². The molecule has 40 heavy (non-hydrogen) atoms. The number of carboxylic acids is 4. The molecular weight excluding hydrogens is 520 g/mol. The number of unbranched alkanes of at least 4 members (excludes halogenated alkanes) is 3. The largest absolute Gasteiger partial charge is 0.478 e. The molecule has 1 saturated heterocycles. The first kappa shape index (κ1) is 38.3. The van der Waals surface area contributed by atoms with E-state index >= 15 is 0 Å². The minimum Gasteiger partial charge on any atom is -0.478 e. The molecule has 0 unspecified atom stereocenters. The van der Waals surface area contributed by atoms with E-state index in [1.807, 2.05) is 0 Å². The van der Waals surface area contributed by atoms with Crippen molar-refractivity contribution in [3.8, 4) is 0 Å². The van der Waals surface area contributed by atoms with E-state index in [0.29, 0.717) is 0 Å². The Morgan fingerprint density at radius 2 is 0.925 bits per heavy atom. The second-order valence-electron chi connectivity index (χ2n) is 8.53. The van der Waals surface area contributed by atoms with Crippen LogP contribution in [0.15, 0.2) is 48.5 Å². The Hall–Kier alpha value is -3.84. The molecule has 0 atom stereocenters. The summed E-state index contributed by atoms with van der Waals surface area (Å²) in [4.78, 5) is 41.4. The second-order valence-corrected chi connectivity index (χ2v) is 8.53. The van der Waals surface area contributed by atoms with Crippen LogP contribution in [0.1, 0.15) is 92.8 Å². The Kier molecular flexibility index (Phi) is 23.2. The third kappa shape index (κ3) is 19.3. The van der Waals surface area contributed by atoms with Gasteiger partial charge in [0, 0.05) is 0 Å². The van der Waals surface area contributed by atoms with Crippen molar-refractivity contribution < 1.29 is 39.6 Å². The first-order valence-electron chi connectivity index (χ1n) is 12.9. The fourth-order valence-corrected chi connectivity index (χ4v) is 3.16. The van der Waals surface area contributed by atoms with E-state index in [1.54, 1.807) is 0 Å². The highest BCUT2D eigenvalue weighted by molar-refractivity contribution is 5.93. The summed E-state index contributed by atoms with van der Waals surface area (Å²) in [6.07, 6.45) is 10.4. The van der Waals surface area contributed by atoms with Gasteiger partial charge in [0.2, 0.25) is 0 Å². The van der Waals surface area contributed by atoms with Crippen LogP contribution in [0.4, 0.5) is 0 Å². The van der Waals surface area contributed by atoms with Gasteiger partial charge >= 0.3 is 23.9 Å². The minimum absolute atomic E-state index is 0. The van der Waals surface area contributed by atoms with Gasteiger partial charge in [-0.15, -0.1) is 0 Å². The molecule has 12 N–H and O–H groups in total. The molecule has 1 aliphatic rings. The molecule has 224 valence electrons. The van der Waals surface area contributed by atoms with Gasteiger partial charge in [-0.05, 0) is 94.3 Å². The van der Waals surface area contributed by atoms with Gasteiger partial charge in [-0.1, -0.05) is 31.7 Å². The van der Waals surface area contributed by atoms with E-state index in [0.717, 1.165) is 32.0 Å². The van der Waals surface area contributed by atoms with E-state index in [-0.39, 0.29) is 28.4 Å². The topological polar surface area (TPSA) is 248 Å². The molecule has 0 radical (unpaired) electrons. The highest BCUT2D eigenvalue weighted by Crippen LogP contribution is 2.05. The van der Waals surface area contributed by atoms with Crippen LogP contribution in [0, 0.1) is 0 Å². The number of nitrogens with one attached hydrogen (secondary N) is 1. The lowest BCUT2D eigenvalue weighted by Gasteiger charge is -1.95. The van der Waals surface area contributed by atoms with Crippen LogP contribution >= 0.6 is 0 Å². The molecule has 0 amide bonds. The average Bonchev–Trinajstić information content (AvgIpc) is 3.26. The van der Waals surface area contributed by atoms with Gasteiger partial charge in [0.25, 0.3) is 0 Å². The van der Waals surface area contributed by atoms with Crippen LogP contribution in [-0.2, 0) is 0 Å². The lowest BCUT2D eigenvalue weighted by Crippen LogP contribution is -2.12. The quantitative estimate of drug-likeness (QED) is 0.202. The number of aromatic carboxylic acids is 4.